The minimum atomic E-state index is 0.813. The molecule has 3 nitrogen and oxygen atoms in total. The summed E-state index contributed by atoms with van der Waals surface area (Å²) in [6.45, 7) is 4.78. The summed E-state index contributed by atoms with van der Waals surface area (Å²) >= 11 is 3.59. The molecule has 0 spiro atoms. The molecule has 0 bridgehead atoms. The molecule has 1 aromatic carbocycles. The van der Waals surface area contributed by atoms with E-state index in [9.17, 15) is 0 Å². The van der Waals surface area contributed by atoms with Crippen molar-refractivity contribution >= 4 is 15.9 Å². The Morgan fingerprint density at radius 3 is 2.74 bits per heavy atom. The van der Waals surface area contributed by atoms with Gasteiger partial charge in [-0.15, -0.1) is 0 Å². The van der Waals surface area contributed by atoms with E-state index in [-0.39, 0.29) is 0 Å². The van der Waals surface area contributed by atoms with Gasteiger partial charge in [0, 0.05) is 11.0 Å². The van der Waals surface area contributed by atoms with Crippen LogP contribution in [0.4, 0.5) is 0 Å². The van der Waals surface area contributed by atoms with E-state index < -0.39 is 0 Å². The van der Waals surface area contributed by atoms with Crippen molar-refractivity contribution in [1.29, 1.82) is 0 Å². The van der Waals surface area contributed by atoms with Gasteiger partial charge >= 0.3 is 0 Å². The van der Waals surface area contributed by atoms with Crippen LogP contribution in [0.15, 0.2) is 45.5 Å². The van der Waals surface area contributed by atoms with Crippen LogP contribution >= 0.6 is 15.9 Å². The minimum Gasteiger partial charge on any atom is -0.497 e. The summed E-state index contributed by atoms with van der Waals surface area (Å²) in [6, 6.07) is 9.97. The van der Waals surface area contributed by atoms with E-state index in [0.717, 1.165) is 35.6 Å². The third kappa shape index (κ3) is 3.85. The molecule has 0 radical (unpaired) electrons. The molecule has 102 valence electrons. The molecule has 0 amide bonds. The van der Waals surface area contributed by atoms with E-state index in [1.165, 1.54) is 5.56 Å². The molecule has 2 rings (SSSR count). The molecule has 0 aliphatic heterocycles. The molecule has 1 aromatic heterocycles. The molecule has 0 saturated carbocycles. The van der Waals surface area contributed by atoms with Crippen molar-refractivity contribution < 1.29 is 9.15 Å². The largest absolute Gasteiger partial charge is 0.497 e. The van der Waals surface area contributed by atoms with E-state index in [0.29, 0.717) is 0 Å². The van der Waals surface area contributed by atoms with Crippen LogP contribution in [0, 0.1) is 0 Å². The van der Waals surface area contributed by atoms with Gasteiger partial charge in [0.25, 0.3) is 0 Å². The fourth-order valence-corrected chi connectivity index (χ4v) is 2.31. The summed E-state index contributed by atoms with van der Waals surface area (Å²) in [5, 5.41) is 0. The van der Waals surface area contributed by atoms with Gasteiger partial charge in [-0.3, -0.25) is 4.90 Å². The first-order valence-electron chi connectivity index (χ1n) is 6.30. The van der Waals surface area contributed by atoms with Gasteiger partial charge in [0.05, 0.1) is 19.9 Å². The van der Waals surface area contributed by atoms with E-state index in [1.807, 2.05) is 24.3 Å². The molecule has 0 aliphatic rings. The Morgan fingerprint density at radius 2 is 2.11 bits per heavy atom. The van der Waals surface area contributed by atoms with E-state index >= 15 is 0 Å². The molecule has 0 fully saturated rings. The van der Waals surface area contributed by atoms with E-state index in [1.54, 1.807) is 13.4 Å². The van der Waals surface area contributed by atoms with Crippen LogP contribution < -0.4 is 4.74 Å². The number of nitrogens with zero attached hydrogens (tertiary/aromatic N) is 1. The summed E-state index contributed by atoms with van der Waals surface area (Å²) < 4.78 is 11.8. The highest BCUT2D eigenvalue weighted by Crippen LogP contribution is 2.24. The third-order valence-corrected chi connectivity index (χ3v) is 3.83. The van der Waals surface area contributed by atoms with Crippen molar-refractivity contribution in [2.45, 2.75) is 20.0 Å². The topological polar surface area (TPSA) is 25.6 Å². The van der Waals surface area contributed by atoms with Crippen molar-refractivity contribution in [1.82, 2.24) is 4.90 Å². The average Bonchev–Trinajstić information content (AvgIpc) is 2.93. The van der Waals surface area contributed by atoms with Gasteiger partial charge in [-0.05, 0) is 42.4 Å². The maximum absolute atomic E-state index is 5.40. The van der Waals surface area contributed by atoms with Crippen LogP contribution in [0.5, 0.6) is 5.75 Å². The summed E-state index contributed by atoms with van der Waals surface area (Å²) in [5.74, 6) is 1.87. The Morgan fingerprint density at radius 1 is 1.26 bits per heavy atom. The van der Waals surface area contributed by atoms with Crippen LogP contribution in [-0.2, 0) is 13.1 Å². The molecule has 1 heterocycles. The molecule has 4 heteroatoms. The number of ether oxygens (including phenoxy) is 1. The quantitative estimate of drug-likeness (QED) is 0.801. The van der Waals surface area contributed by atoms with Crippen molar-refractivity contribution in [2.75, 3.05) is 13.7 Å². The van der Waals surface area contributed by atoms with Crippen LogP contribution in [0.2, 0.25) is 0 Å². The molecule has 0 aliphatic carbocycles. The van der Waals surface area contributed by atoms with Gasteiger partial charge in [-0.1, -0.05) is 22.9 Å². The highest BCUT2D eigenvalue weighted by molar-refractivity contribution is 9.10. The number of hydrogen-bond donors (Lipinski definition) is 0. The monoisotopic (exact) mass is 323 g/mol. The summed E-state index contributed by atoms with van der Waals surface area (Å²) in [7, 11) is 1.69. The standard InChI is InChI=1S/C15H18BrNO2/c1-3-17(11-14-5-4-8-19-14)10-12-9-13(18-2)6-7-15(12)16/h4-9H,3,10-11H2,1-2H3. The van der Waals surface area contributed by atoms with Crippen molar-refractivity contribution in [3.8, 4) is 5.75 Å². The summed E-state index contributed by atoms with van der Waals surface area (Å²) in [4.78, 5) is 2.32. The fourth-order valence-electron chi connectivity index (χ4n) is 1.94. The van der Waals surface area contributed by atoms with Gasteiger partial charge in [-0.2, -0.15) is 0 Å². The summed E-state index contributed by atoms with van der Waals surface area (Å²) in [5.41, 5.74) is 1.22. The van der Waals surface area contributed by atoms with Crippen LogP contribution in [-0.4, -0.2) is 18.6 Å². The van der Waals surface area contributed by atoms with Crippen LogP contribution in [0.3, 0.4) is 0 Å². The summed E-state index contributed by atoms with van der Waals surface area (Å²) in [6.07, 6.45) is 1.71. The number of halogens is 1. The second-order valence-electron chi connectivity index (χ2n) is 4.34. The Hall–Kier alpha value is -1.26. The Bertz CT molecular complexity index is 511. The zero-order chi connectivity index (χ0) is 13.7. The maximum atomic E-state index is 5.40. The lowest BCUT2D eigenvalue weighted by molar-refractivity contribution is 0.247. The molecule has 0 N–H and O–H groups in total. The number of methoxy groups -OCH3 is 1. The highest BCUT2D eigenvalue weighted by atomic mass is 79.9. The number of hydrogen-bond acceptors (Lipinski definition) is 3. The molecular formula is C15H18BrNO2. The normalized spacial score (nSPS) is 10.9. The van der Waals surface area contributed by atoms with Crippen molar-refractivity contribution in [2.24, 2.45) is 0 Å². The molecule has 0 unspecified atom stereocenters. The van der Waals surface area contributed by atoms with Crippen molar-refractivity contribution in [3.05, 3.63) is 52.4 Å². The van der Waals surface area contributed by atoms with Gasteiger partial charge in [-0.25, -0.2) is 0 Å². The fraction of sp³-hybridized carbons (Fsp3) is 0.333. The Labute approximate surface area is 122 Å². The number of rotatable bonds is 6. The van der Waals surface area contributed by atoms with E-state index in [2.05, 4.69) is 33.8 Å². The van der Waals surface area contributed by atoms with Crippen LogP contribution in [0.1, 0.15) is 18.2 Å². The second kappa shape index (κ2) is 6.78. The van der Waals surface area contributed by atoms with Gasteiger partial charge in [0.2, 0.25) is 0 Å². The molecule has 0 atom stereocenters. The second-order valence-corrected chi connectivity index (χ2v) is 5.19. The lowest BCUT2D eigenvalue weighted by Gasteiger charge is -2.20. The smallest absolute Gasteiger partial charge is 0.119 e. The first-order chi connectivity index (χ1) is 9.22. The predicted molar refractivity (Wildman–Crippen MR) is 79.2 cm³/mol. The molecule has 19 heavy (non-hydrogen) atoms. The molecular weight excluding hydrogens is 306 g/mol. The first kappa shape index (κ1) is 14.2. The number of benzene rings is 1. The van der Waals surface area contributed by atoms with Crippen molar-refractivity contribution in [3.63, 3.8) is 0 Å². The zero-order valence-electron chi connectivity index (χ0n) is 11.2. The van der Waals surface area contributed by atoms with Gasteiger partial charge in [0.1, 0.15) is 11.5 Å². The SMILES string of the molecule is CCN(Cc1ccco1)Cc1cc(OC)ccc1Br. The van der Waals surface area contributed by atoms with Gasteiger partial charge < -0.3 is 9.15 Å². The minimum absolute atomic E-state index is 0.813. The molecule has 2 aromatic rings. The van der Waals surface area contributed by atoms with Gasteiger partial charge in [0.15, 0.2) is 0 Å². The molecule has 0 saturated heterocycles. The first-order valence-corrected chi connectivity index (χ1v) is 7.09. The highest BCUT2D eigenvalue weighted by Gasteiger charge is 2.10. The Kier molecular flexibility index (Phi) is 5.05. The Balaban J connectivity index is 2.09. The average molecular weight is 324 g/mol. The van der Waals surface area contributed by atoms with E-state index in [4.69, 9.17) is 9.15 Å². The maximum Gasteiger partial charge on any atom is 0.119 e. The number of furan rings is 1. The zero-order valence-corrected chi connectivity index (χ0v) is 12.8. The lowest BCUT2D eigenvalue weighted by Crippen LogP contribution is -2.22. The third-order valence-electron chi connectivity index (χ3n) is 3.05. The lowest BCUT2D eigenvalue weighted by atomic mass is 10.2. The van der Waals surface area contributed by atoms with Crippen LogP contribution in [0.25, 0.3) is 0 Å². The predicted octanol–water partition coefficient (Wildman–Crippen LogP) is 4.07.